The fourth-order valence-electron chi connectivity index (χ4n) is 2.69. The molecule has 2 aromatic carbocycles. The molecular weight excluding hydrogens is 296 g/mol. The molecule has 2 heteroatoms. The van der Waals surface area contributed by atoms with Crippen LogP contribution in [0.1, 0.15) is 61.0 Å². The molecule has 0 heterocycles. The summed E-state index contributed by atoms with van der Waals surface area (Å²) in [5.74, 6) is 1.50. The maximum atomic E-state index is 12.5. The van der Waals surface area contributed by atoms with Crippen molar-refractivity contribution in [3.05, 3.63) is 65.2 Å². The van der Waals surface area contributed by atoms with Gasteiger partial charge in [0.05, 0.1) is 6.61 Å². The summed E-state index contributed by atoms with van der Waals surface area (Å²) in [4.78, 5) is 12.5. The van der Waals surface area contributed by atoms with Gasteiger partial charge < -0.3 is 4.74 Å². The Hall–Kier alpha value is -2.09. The number of hydrogen-bond acceptors (Lipinski definition) is 2. The number of ether oxygens (including phenoxy) is 1. The fraction of sp³-hybridized carbons (Fsp3) is 0.409. The molecule has 0 aromatic heterocycles. The van der Waals surface area contributed by atoms with Gasteiger partial charge in [-0.2, -0.15) is 0 Å². The summed E-state index contributed by atoms with van der Waals surface area (Å²) in [5.41, 5.74) is 2.58. The topological polar surface area (TPSA) is 26.3 Å². The molecule has 0 fully saturated rings. The second kappa shape index (κ2) is 9.27. The van der Waals surface area contributed by atoms with Crippen molar-refractivity contribution in [3.63, 3.8) is 0 Å². The minimum atomic E-state index is 0.0518. The van der Waals surface area contributed by atoms with Crippen LogP contribution in [0, 0.1) is 12.8 Å². The van der Waals surface area contributed by atoms with Crippen molar-refractivity contribution in [2.45, 2.75) is 46.5 Å². The summed E-state index contributed by atoms with van der Waals surface area (Å²) < 4.78 is 5.90. The summed E-state index contributed by atoms with van der Waals surface area (Å²) >= 11 is 0. The fourth-order valence-corrected chi connectivity index (χ4v) is 2.69. The van der Waals surface area contributed by atoms with Gasteiger partial charge in [0.15, 0.2) is 5.78 Å². The minimum Gasteiger partial charge on any atom is -0.493 e. The lowest BCUT2D eigenvalue weighted by molar-refractivity contribution is 0.103. The molecule has 1 atom stereocenters. The highest BCUT2D eigenvalue weighted by molar-refractivity contribution is 6.09. The maximum absolute atomic E-state index is 12.5. The lowest BCUT2D eigenvalue weighted by Crippen LogP contribution is -2.11. The molecule has 0 aliphatic carbocycles. The van der Waals surface area contributed by atoms with Gasteiger partial charge >= 0.3 is 0 Å². The number of hydrogen-bond donors (Lipinski definition) is 0. The smallest absolute Gasteiger partial charge is 0.193 e. The van der Waals surface area contributed by atoms with Crippen LogP contribution in [0.5, 0.6) is 5.75 Å². The lowest BCUT2D eigenvalue weighted by Gasteiger charge is -2.15. The van der Waals surface area contributed by atoms with E-state index in [1.54, 1.807) is 0 Å². The zero-order chi connectivity index (χ0) is 17.4. The Morgan fingerprint density at radius 2 is 1.54 bits per heavy atom. The number of rotatable bonds is 9. The van der Waals surface area contributed by atoms with Crippen LogP contribution in [-0.2, 0) is 0 Å². The Kier molecular flexibility index (Phi) is 7.05. The quantitative estimate of drug-likeness (QED) is 0.543. The Bertz CT molecular complexity index is 626. The van der Waals surface area contributed by atoms with Crippen LogP contribution in [0.2, 0.25) is 0 Å². The van der Waals surface area contributed by atoms with Crippen molar-refractivity contribution in [2.24, 2.45) is 5.92 Å². The highest BCUT2D eigenvalue weighted by Gasteiger charge is 2.10. The summed E-state index contributed by atoms with van der Waals surface area (Å²) in [7, 11) is 0. The van der Waals surface area contributed by atoms with Gasteiger partial charge in [-0.05, 0) is 43.5 Å². The van der Waals surface area contributed by atoms with Crippen molar-refractivity contribution in [1.82, 2.24) is 0 Å². The molecular formula is C22H28O2. The van der Waals surface area contributed by atoms with E-state index in [2.05, 4.69) is 13.8 Å². The molecule has 1 unspecified atom stereocenters. The number of unbranched alkanes of at least 4 members (excludes halogenated alkanes) is 1. The van der Waals surface area contributed by atoms with Crippen LogP contribution in [-0.4, -0.2) is 12.4 Å². The predicted molar refractivity (Wildman–Crippen MR) is 99.9 cm³/mol. The Labute approximate surface area is 145 Å². The minimum absolute atomic E-state index is 0.0518. The van der Waals surface area contributed by atoms with E-state index >= 15 is 0 Å². The van der Waals surface area contributed by atoms with Crippen molar-refractivity contribution in [2.75, 3.05) is 6.61 Å². The van der Waals surface area contributed by atoms with Gasteiger partial charge in [0.1, 0.15) is 5.75 Å². The molecule has 24 heavy (non-hydrogen) atoms. The Balaban J connectivity index is 1.94. The number of aryl methyl sites for hydroxylation is 1. The standard InChI is InChI=1S/C22H28O2/c1-4-6-7-18(5-2)16-24-21-14-12-20(13-15-21)22(23)19-10-8-17(3)9-11-19/h8-15,18H,4-7,16H2,1-3H3. The summed E-state index contributed by atoms with van der Waals surface area (Å²) in [6.45, 7) is 7.20. The monoisotopic (exact) mass is 324 g/mol. The van der Waals surface area contributed by atoms with E-state index in [9.17, 15) is 4.79 Å². The van der Waals surface area contributed by atoms with Crippen LogP contribution >= 0.6 is 0 Å². The second-order valence-corrected chi connectivity index (χ2v) is 6.45. The van der Waals surface area contributed by atoms with Crippen molar-refractivity contribution < 1.29 is 9.53 Å². The summed E-state index contributed by atoms with van der Waals surface area (Å²) in [6, 6.07) is 15.2. The molecule has 0 radical (unpaired) electrons. The molecule has 0 aliphatic heterocycles. The second-order valence-electron chi connectivity index (χ2n) is 6.45. The van der Waals surface area contributed by atoms with Gasteiger partial charge in [-0.1, -0.05) is 62.9 Å². The molecule has 128 valence electrons. The van der Waals surface area contributed by atoms with Gasteiger partial charge in [-0.15, -0.1) is 0 Å². The third-order valence-corrected chi connectivity index (χ3v) is 4.46. The van der Waals surface area contributed by atoms with Crippen LogP contribution in [0.4, 0.5) is 0 Å². The van der Waals surface area contributed by atoms with Gasteiger partial charge in [0.25, 0.3) is 0 Å². The van der Waals surface area contributed by atoms with Gasteiger partial charge in [0, 0.05) is 11.1 Å². The van der Waals surface area contributed by atoms with Crippen LogP contribution in [0.3, 0.4) is 0 Å². The lowest BCUT2D eigenvalue weighted by atomic mass is 10.0. The van der Waals surface area contributed by atoms with Gasteiger partial charge in [0.2, 0.25) is 0 Å². The molecule has 0 saturated heterocycles. The average molecular weight is 324 g/mol. The van der Waals surface area contributed by atoms with Crippen molar-refractivity contribution >= 4 is 5.78 Å². The highest BCUT2D eigenvalue weighted by Crippen LogP contribution is 2.19. The predicted octanol–water partition coefficient (Wildman–Crippen LogP) is 5.82. The molecule has 0 aliphatic rings. The highest BCUT2D eigenvalue weighted by atomic mass is 16.5. The number of carbonyl (C=O) groups excluding carboxylic acids is 1. The van der Waals surface area contributed by atoms with E-state index in [0.717, 1.165) is 29.9 Å². The third kappa shape index (κ3) is 5.23. The zero-order valence-electron chi connectivity index (χ0n) is 15.0. The van der Waals surface area contributed by atoms with E-state index in [1.165, 1.54) is 19.3 Å². The summed E-state index contributed by atoms with van der Waals surface area (Å²) in [6.07, 6.45) is 4.85. The van der Waals surface area contributed by atoms with E-state index in [4.69, 9.17) is 4.74 Å². The van der Waals surface area contributed by atoms with Crippen molar-refractivity contribution in [1.29, 1.82) is 0 Å². The number of ketones is 1. The molecule has 0 amide bonds. The van der Waals surface area contributed by atoms with Crippen LogP contribution in [0.15, 0.2) is 48.5 Å². The Morgan fingerprint density at radius 3 is 2.08 bits per heavy atom. The first-order chi connectivity index (χ1) is 11.6. The normalized spacial score (nSPS) is 12.0. The average Bonchev–Trinajstić information content (AvgIpc) is 2.62. The van der Waals surface area contributed by atoms with Gasteiger partial charge in [-0.25, -0.2) is 0 Å². The number of carbonyl (C=O) groups is 1. The first kappa shape index (κ1) is 18.3. The molecule has 2 nitrogen and oxygen atoms in total. The van der Waals surface area contributed by atoms with Crippen LogP contribution < -0.4 is 4.74 Å². The van der Waals surface area contributed by atoms with E-state index < -0.39 is 0 Å². The molecule has 2 rings (SSSR count). The first-order valence-electron chi connectivity index (χ1n) is 8.98. The maximum Gasteiger partial charge on any atom is 0.193 e. The van der Waals surface area contributed by atoms with Gasteiger partial charge in [-0.3, -0.25) is 4.79 Å². The van der Waals surface area contributed by atoms with Crippen molar-refractivity contribution in [3.8, 4) is 5.75 Å². The molecule has 0 saturated carbocycles. The molecule has 2 aromatic rings. The molecule has 0 N–H and O–H groups in total. The molecule has 0 spiro atoms. The first-order valence-corrected chi connectivity index (χ1v) is 8.98. The molecule has 0 bridgehead atoms. The van der Waals surface area contributed by atoms with E-state index in [-0.39, 0.29) is 5.78 Å². The SMILES string of the molecule is CCCCC(CC)COc1ccc(C(=O)c2ccc(C)cc2)cc1. The third-order valence-electron chi connectivity index (χ3n) is 4.46. The van der Waals surface area contributed by atoms with Crippen LogP contribution in [0.25, 0.3) is 0 Å². The zero-order valence-corrected chi connectivity index (χ0v) is 15.0. The van der Waals surface area contributed by atoms with E-state index in [0.29, 0.717) is 11.5 Å². The largest absolute Gasteiger partial charge is 0.493 e. The number of benzene rings is 2. The Morgan fingerprint density at radius 1 is 0.958 bits per heavy atom. The summed E-state index contributed by atoms with van der Waals surface area (Å²) in [5, 5.41) is 0. The van der Waals surface area contributed by atoms with E-state index in [1.807, 2.05) is 55.5 Å².